The number of nitrogens with one attached hydrogen (secondary N) is 1. The zero-order chi connectivity index (χ0) is 24.8. The van der Waals surface area contributed by atoms with E-state index in [0.29, 0.717) is 17.0 Å². The largest absolute Gasteiger partial charge is 0.573 e. The second-order valence-electron chi connectivity index (χ2n) is 8.04. The molecule has 1 atom stereocenters. The van der Waals surface area contributed by atoms with Crippen LogP contribution < -0.4 is 14.8 Å². The molecule has 1 aliphatic heterocycles. The fraction of sp³-hybridized carbons (Fsp3) is 0.208. The number of nitrogens with zero attached hydrogens (tertiary/aromatic N) is 3. The minimum atomic E-state index is -5.05. The summed E-state index contributed by atoms with van der Waals surface area (Å²) < 4.78 is 63.8. The number of alkyl halides is 3. The number of rotatable bonds is 4. The molecule has 4 aromatic rings. The molecule has 0 radical (unpaired) electrons. The van der Waals surface area contributed by atoms with Gasteiger partial charge in [0.15, 0.2) is 11.6 Å². The van der Waals surface area contributed by atoms with Crippen molar-refractivity contribution >= 4 is 16.8 Å². The molecule has 5 rings (SSSR count). The van der Waals surface area contributed by atoms with Gasteiger partial charge in [-0.3, -0.25) is 14.5 Å². The molecule has 35 heavy (non-hydrogen) atoms. The predicted octanol–water partition coefficient (Wildman–Crippen LogP) is 4.46. The van der Waals surface area contributed by atoms with E-state index in [1.54, 1.807) is 48.3 Å². The molecular formula is C24H18F4N4O3. The van der Waals surface area contributed by atoms with Gasteiger partial charge in [0.05, 0.1) is 18.3 Å². The smallest absolute Gasteiger partial charge is 0.491 e. The maximum Gasteiger partial charge on any atom is 0.573 e. The second kappa shape index (κ2) is 8.26. The number of amides is 1. The summed E-state index contributed by atoms with van der Waals surface area (Å²) in [6.07, 6.45) is -1.77. The molecule has 2 aromatic carbocycles. The number of aromatic nitrogens is 3. The van der Waals surface area contributed by atoms with Gasteiger partial charge in [0.25, 0.3) is 5.91 Å². The third-order valence-electron chi connectivity index (χ3n) is 5.90. The number of benzene rings is 2. The van der Waals surface area contributed by atoms with Gasteiger partial charge >= 0.3 is 6.36 Å². The highest BCUT2D eigenvalue weighted by Crippen LogP contribution is 2.42. The van der Waals surface area contributed by atoms with E-state index in [0.717, 1.165) is 23.0 Å². The van der Waals surface area contributed by atoms with E-state index in [-0.39, 0.29) is 18.6 Å². The standard InChI is InChI=1S/C24H18F4N4O3/c1-32-18-6-4-14(11-15(18)13-30-32)22(33)31-23(8-10-34-20-3-2-9-29-21(20)23)16-5-7-19(17(25)12-16)35-24(26,27)28/h2-7,9,11-13H,8,10H2,1H3,(H,31,33). The minimum absolute atomic E-state index is 0.156. The minimum Gasteiger partial charge on any atom is -0.491 e. The normalized spacial score (nSPS) is 17.5. The summed E-state index contributed by atoms with van der Waals surface area (Å²) in [7, 11) is 1.78. The summed E-state index contributed by atoms with van der Waals surface area (Å²) in [5.74, 6) is -2.31. The van der Waals surface area contributed by atoms with E-state index < -0.39 is 29.4 Å². The molecule has 1 aliphatic rings. The van der Waals surface area contributed by atoms with Crippen molar-refractivity contribution < 1.29 is 31.8 Å². The van der Waals surface area contributed by atoms with Crippen molar-refractivity contribution in [1.82, 2.24) is 20.1 Å². The van der Waals surface area contributed by atoms with Gasteiger partial charge in [-0.2, -0.15) is 5.10 Å². The van der Waals surface area contributed by atoms with Crippen LogP contribution >= 0.6 is 0 Å². The van der Waals surface area contributed by atoms with E-state index in [1.165, 1.54) is 12.3 Å². The molecule has 1 unspecified atom stereocenters. The highest BCUT2D eigenvalue weighted by molar-refractivity contribution is 5.98. The van der Waals surface area contributed by atoms with Gasteiger partial charge in [0, 0.05) is 30.6 Å². The van der Waals surface area contributed by atoms with Crippen LogP contribution in [0.5, 0.6) is 11.5 Å². The number of hydrogen-bond acceptors (Lipinski definition) is 5. The highest BCUT2D eigenvalue weighted by atomic mass is 19.4. The van der Waals surface area contributed by atoms with E-state index in [1.807, 2.05) is 0 Å². The van der Waals surface area contributed by atoms with Crippen molar-refractivity contribution in [2.75, 3.05) is 6.61 Å². The number of fused-ring (bicyclic) bond motifs is 2. The molecule has 180 valence electrons. The lowest BCUT2D eigenvalue weighted by Gasteiger charge is -2.39. The summed E-state index contributed by atoms with van der Waals surface area (Å²) in [6.45, 7) is 0.156. The van der Waals surface area contributed by atoms with Crippen molar-refractivity contribution in [2.24, 2.45) is 7.05 Å². The summed E-state index contributed by atoms with van der Waals surface area (Å²) in [5.41, 5.74) is 0.297. The number of carbonyl (C=O) groups is 1. The van der Waals surface area contributed by atoms with Crippen LogP contribution in [0.2, 0.25) is 0 Å². The van der Waals surface area contributed by atoms with E-state index >= 15 is 0 Å². The predicted molar refractivity (Wildman–Crippen MR) is 116 cm³/mol. The average molecular weight is 486 g/mol. The van der Waals surface area contributed by atoms with Crippen LogP contribution in [-0.2, 0) is 12.6 Å². The lowest BCUT2D eigenvalue weighted by Crippen LogP contribution is -2.50. The summed E-state index contributed by atoms with van der Waals surface area (Å²) in [6, 6.07) is 11.4. The Morgan fingerprint density at radius 2 is 2.03 bits per heavy atom. The Morgan fingerprint density at radius 1 is 1.20 bits per heavy atom. The number of ether oxygens (including phenoxy) is 2. The van der Waals surface area contributed by atoms with Crippen molar-refractivity contribution in [3.63, 3.8) is 0 Å². The first-order valence-electron chi connectivity index (χ1n) is 10.5. The van der Waals surface area contributed by atoms with Gasteiger partial charge in [-0.25, -0.2) is 4.39 Å². The van der Waals surface area contributed by atoms with Gasteiger partial charge in [-0.15, -0.1) is 13.2 Å². The molecule has 11 heteroatoms. The van der Waals surface area contributed by atoms with E-state index in [4.69, 9.17) is 4.74 Å². The lowest BCUT2D eigenvalue weighted by molar-refractivity contribution is -0.275. The molecule has 0 fully saturated rings. The first-order chi connectivity index (χ1) is 16.7. The van der Waals surface area contributed by atoms with Crippen LogP contribution in [0.15, 0.2) is 60.9 Å². The van der Waals surface area contributed by atoms with Crippen LogP contribution in [0, 0.1) is 5.82 Å². The number of hydrogen-bond donors (Lipinski definition) is 1. The summed E-state index contributed by atoms with van der Waals surface area (Å²) in [5, 5.41) is 7.87. The fourth-order valence-electron chi connectivity index (χ4n) is 4.28. The Balaban J connectivity index is 1.59. The number of carbonyl (C=O) groups excluding carboxylic acids is 1. The van der Waals surface area contributed by atoms with E-state index in [2.05, 4.69) is 20.1 Å². The number of aryl methyl sites for hydroxylation is 1. The Kier molecular flexibility index (Phi) is 5.34. The first kappa shape index (κ1) is 22.6. The second-order valence-corrected chi connectivity index (χ2v) is 8.04. The van der Waals surface area contributed by atoms with Gasteiger partial charge in [-0.1, -0.05) is 6.07 Å². The molecule has 1 amide bonds. The van der Waals surface area contributed by atoms with E-state index in [9.17, 15) is 22.4 Å². The number of pyridine rings is 1. The monoisotopic (exact) mass is 486 g/mol. The topological polar surface area (TPSA) is 78.3 Å². The van der Waals surface area contributed by atoms with Crippen molar-refractivity contribution in [2.45, 2.75) is 18.3 Å². The van der Waals surface area contributed by atoms with Crippen LogP contribution in [-0.4, -0.2) is 33.6 Å². The maximum atomic E-state index is 14.7. The average Bonchev–Trinajstić information content (AvgIpc) is 3.20. The summed E-state index contributed by atoms with van der Waals surface area (Å²) in [4.78, 5) is 17.8. The molecule has 0 saturated heterocycles. The Morgan fingerprint density at radius 3 is 2.80 bits per heavy atom. The van der Waals surface area contributed by atoms with Gasteiger partial charge in [0.1, 0.15) is 17.0 Å². The quantitative estimate of drug-likeness (QED) is 0.431. The molecule has 7 nitrogen and oxygen atoms in total. The zero-order valence-electron chi connectivity index (χ0n) is 18.3. The van der Waals surface area contributed by atoms with Crippen molar-refractivity contribution in [3.8, 4) is 11.5 Å². The van der Waals surface area contributed by atoms with Crippen LogP contribution in [0.1, 0.15) is 28.0 Å². The molecule has 1 N–H and O–H groups in total. The summed E-state index contributed by atoms with van der Waals surface area (Å²) >= 11 is 0. The lowest BCUT2D eigenvalue weighted by atomic mass is 9.81. The Bertz CT molecular complexity index is 1440. The Hall–Kier alpha value is -4.15. The molecule has 0 bridgehead atoms. The Labute approximate surface area is 196 Å². The third-order valence-corrected chi connectivity index (χ3v) is 5.90. The van der Waals surface area contributed by atoms with Crippen LogP contribution in [0.4, 0.5) is 17.6 Å². The van der Waals surface area contributed by atoms with Crippen molar-refractivity contribution in [1.29, 1.82) is 0 Å². The molecular weight excluding hydrogens is 468 g/mol. The third kappa shape index (κ3) is 4.13. The van der Waals surface area contributed by atoms with Gasteiger partial charge in [0.2, 0.25) is 0 Å². The SMILES string of the molecule is Cn1ncc2cc(C(=O)NC3(c4ccc(OC(F)(F)F)c(F)c4)CCOc4cccnc43)ccc21. The van der Waals surface area contributed by atoms with Crippen LogP contribution in [0.3, 0.4) is 0 Å². The zero-order valence-corrected chi connectivity index (χ0v) is 18.3. The molecule has 0 aliphatic carbocycles. The maximum absolute atomic E-state index is 14.7. The van der Waals surface area contributed by atoms with Crippen LogP contribution in [0.25, 0.3) is 10.9 Å². The first-order valence-corrected chi connectivity index (χ1v) is 10.5. The van der Waals surface area contributed by atoms with Crippen molar-refractivity contribution in [3.05, 3.63) is 83.6 Å². The molecule has 0 spiro atoms. The molecule has 3 heterocycles. The molecule has 0 saturated carbocycles. The van der Waals surface area contributed by atoms with Gasteiger partial charge in [-0.05, 0) is 48.0 Å². The fourth-order valence-corrected chi connectivity index (χ4v) is 4.28. The highest BCUT2D eigenvalue weighted by Gasteiger charge is 2.43. The van der Waals surface area contributed by atoms with Gasteiger partial charge < -0.3 is 14.8 Å². The number of halogens is 4. The molecule has 2 aromatic heterocycles.